The molecule has 1 heterocycles. The minimum absolute atomic E-state index is 0. The van der Waals surface area contributed by atoms with Gasteiger partial charge in [-0.25, -0.2) is 0 Å². The fourth-order valence-corrected chi connectivity index (χ4v) is 3.66. The van der Waals surface area contributed by atoms with Crippen molar-refractivity contribution >= 4 is 47.2 Å². The van der Waals surface area contributed by atoms with E-state index >= 15 is 0 Å². The Morgan fingerprint density at radius 3 is 2.61 bits per heavy atom. The molecule has 1 amide bonds. The maximum Gasteiger partial charge on any atom is 0.221 e. The highest BCUT2D eigenvalue weighted by Crippen LogP contribution is 2.30. The van der Waals surface area contributed by atoms with Crippen molar-refractivity contribution in [2.75, 3.05) is 44.0 Å². The van der Waals surface area contributed by atoms with E-state index in [1.807, 2.05) is 42.5 Å². The molecule has 0 bridgehead atoms. The molecule has 3 N–H and O–H groups in total. The van der Waals surface area contributed by atoms with Gasteiger partial charge < -0.3 is 25.6 Å². The van der Waals surface area contributed by atoms with Gasteiger partial charge in [-0.1, -0.05) is 24.3 Å². The highest BCUT2D eigenvalue weighted by Gasteiger charge is 2.25. The maximum atomic E-state index is 11.1. The Labute approximate surface area is 201 Å². The number of halogens is 1. The molecule has 1 atom stereocenters. The fraction of sp³-hybridized carbons (Fsp3) is 0.391. The van der Waals surface area contributed by atoms with Gasteiger partial charge in [-0.3, -0.25) is 9.79 Å². The van der Waals surface area contributed by atoms with Gasteiger partial charge in [-0.2, -0.15) is 0 Å². The molecule has 0 spiro atoms. The van der Waals surface area contributed by atoms with E-state index in [0.29, 0.717) is 6.04 Å². The summed E-state index contributed by atoms with van der Waals surface area (Å²) in [6.07, 6.45) is 1.92. The van der Waals surface area contributed by atoms with Gasteiger partial charge in [0.2, 0.25) is 5.91 Å². The summed E-state index contributed by atoms with van der Waals surface area (Å²) in [5.41, 5.74) is 3.16. The number of nitrogens with zero attached hydrogens (tertiary/aromatic N) is 2. The zero-order chi connectivity index (χ0) is 21.3. The first kappa shape index (κ1) is 24.8. The molecule has 1 aliphatic rings. The summed E-state index contributed by atoms with van der Waals surface area (Å²) >= 11 is 0. The van der Waals surface area contributed by atoms with Gasteiger partial charge in [-0.05, 0) is 42.7 Å². The molecule has 2 aromatic rings. The molecular weight excluding hydrogens is 505 g/mol. The van der Waals surface area contributed by atoms with Crippen molar-refractivity contribution in [1.29, 1.82) is 0 Å². The monoisotopic (exact) mass is 537 g/mol. The summed E-state index contributed by atoms with van der Waals surface area (Å²) < 4.78 is 5.50. The lowest BCUT2D eigenvalue weighted by Crippen LogP contribution is -2.45. The van der Waals surface area contributed by atoms with Gasteiger partial charge in [0.15, 0.2) is 5.96 Å². The quantitative estimate of drug-likeness (QED) is 0.287. The van der Waals surface area contributed by atoms with E-state index in [2.05, 4.69) is 31.9 Å². The molecule has 7 nitrogen and oxygen atoms in total. The Morgan fingerprint density at radius 2 is 1.94 bits per heavy atom. The molecule has 1 fully saturated rings. The van der Waals surface area contributed by atoms with Crippen LogP contribution >= 0.6 is 24.0 Å². The van der Waals surface area contributed by atoms with Crippen LogP contribution in [0.15, 0.2) is 53.5 Å². The minimum Gasteiger partial charge on any atom is -0.495 e. The number of amides is 1. The lowest BCUT2D eigenvalue weighted by molar-refractivity contribution is -0.114. The van der Waals surface area contributed by atoms with E-state index in [9.17, 15) is 4.79 Å². The molecule has 3 rings (SSSR count). The SMILES string of the molecule is CN=C(NCCc1ccc(NC(C)=O)cc1)NC1CCN(c2ccccc2OC)C1.I. The lowest BCUT2D eigenvalue weighted by atomic mass is 10.1. The van der Waals surface area contributed by atoms with Crippen LogP contribution in [-0.4, -0.2) is 51.7 Å². The predicted octanol–water partition coefficient (Wildman–Crippen LogP) is 3.26. The second-order valence-corrected chi connectivity index (χ2v) is 7.37. The van der Waals surface area contributed by atoms with Gasteiger partial charge in [-0.15, -0.1) is 24.0 Å². The number of hydrogen-bond acceptors (Lipinski definition) is 4. The molecule has 0 aliphatic carbocycles. The average molecular weight is 537 g/mol. The van der Waals surface area contributed by atoms with Crippen molar-refractivity contribution in [2.24, 2.45) is 4.99 Å². The first-order valence-electron chi connectivity index (χ1n) is 10.3. The molecule has 31 heavy (non-hydrogen) atoms. The molecule has 1 saturated heterocycles. The topological polar surface area (TPSA) is 78.0 Å². The number of benzene rings is 2. The summed E-state index contributed by atoms with van der Waals surface area (Å²) in [5, 5.41) is 9.71. The largest absolute Gasteiger partial charge is 0.495 e. The van der Waals surface area contributed by atoms with Crippen LogP contribution < -0.4 is 25.6 Å². The summed E-state index contributed by atoms with van der Waals surface area (Å²) in [6, 6.07) is 16.4. The van der Waals surface area contributed by atoms with E-state index in [1.165, 1.54) is 12.5 Å². The number of hydrogen-bond donors (Lipinski definition) is 3. The molecule has 8 heteroatoms. The normalized spacial score (nSPS) is 15.8. The highest BCUT2D eigenvalue weighted by atomic mass is 127. The van der Waals surface area contributed by atoms with Crippen LogP contribution in [0, 0.1) is 0 Å². The van der Waals surface area contributed by atoms with Crippen molar-refractivity contribution in [3.05, 3.63) is 54.1 Å². The van der Waals surface area contributed by atoms with Gasteiger partial charge in [0.1, 0.15) is 5.75 Å². The molecular formula is C23H32IN5O2. The van der Waals surface area contributed by atoms with E-state index in [1.54, 1.807) is 14.2 Å². The predicted molar refractivity (Wildman–Crippen MR) is 138 cm³/mol. The second kappa shape index (κ2) is 12.4. The molecule has 0 saturated carbocycles. The Bertz CT molecular complexity index is 873. The second-order valence-electron chi connectivity index (χ2n) is 7.37. The smallest absolute Gasteiger partial charge is 0.221 e. The highest BCUT2D eigenvalue weighted by molar-refractivity contribution is 14.0. The number of ether oxygens (including phenoxy) is 1. The number of rotatable bonds is 7. The van der Waals surface area contributed by atoms with Gasteiger partial charge in [0.25, 0.3) is 0 Å². The fourth-order valence-electron chi connectivity index (χ4n) is 3.66. The van der Waals surface area contributed by atoms with Gasteiger partial charge >= 0.3 is 0 Å². The number of carbonyl (C=O) groups is 1. The molecule has 0 aromatic heterocycles. The van der Waals surface area contributed by atoms with E-state index in [4.69, 9.17) is 4.74 Å². The zero-order valence-electron chi connectivity index (χ0n) is 18.4. The van der Waals surface area contributed by atoms with E-state index in [-0.39, 0.29) is 29.9 Å². The van der Waals surface area contributed by atoms with Crippen molar-refractivity contribution < 1.29 is 9.53 Å². The zero-order valence-corrected chi connectivity index (χ0v) is 20.7. The number of aliphatic imine (C=N–C) groups is 1. The number of guanidine groups is 1. The van der Waals surface area contributed by atoms with Crippen molar-refractivity contribution in [1.82, 2.24) is 10.6 Å². The van der Waals surface area contributed by atoms with Crippen LogP contribution in [0.3, 0.4) is 0 Å². The minimum atomic E-state index is -0.0597. The average Bonchev–Trinajstić information content (AvgIpc) is 3.22. The van der Waals surface area contributed by atoms with E-state index in [0.717, 1.165) is 55.6 Å². The summed E-state index contributed by atoms with van der Waals surface area (Å²) in [6.45, 7) is 4.18. The first-order chi connectivity index (χ1) is 14.6. The Balaban J connectivity index is 0.00000341. The maximum absolute atomic E-state index is 11.1. The number of nitrogens with one attached hydrogen (secondary N) is 3. The number of para-hydroxylation sites is 2. The van der Waals surface area contributed by atoms with Crippen LogP contribution in [-0.2, 0) is 11.2 Å². The van der Waals surface area contributed by atoms with Crippen molar-refractivity contribution in [2.45, 2.75) is 25.8 Å². The number of methoxy groups -OCH3 is 1. The van der Waals surface area contributed by atoms with Crippen LogP contribution in [0.4, 0.5) is 11.4 Å². The molecule has 2 aromatic carbocycles. The standard InChI is InChI=1S/C23H31N5O2.HI/c1-17(29)26-19-10-8-18(9-11-19)12-14-25-23(24-2)27-20-13-15-28(16-20)21-6-4-5-7-22(21)30-3;/h4-11,20H,12-16H2,1-3H3,(H,26,29)(H2,24,25,27);1H. The first-order valence-corrected chi connectivity index (χ1v) is 10.3. The van der Waals surface area contributed by atoms with Crippen LogP contribution in [0.1, 0.15) is 18.9 Å². The van der Waals surface area contributed by atoms with Gasteiger partial charge in [0.05, 0.1) is 12.8 Å². The Hall–Kier alpha value is -2.49. The van der Waals surface area contributed by atoms with E-state index < -0.39 is 0 Å². The lowest BCUT2D eigenvalue weighted by Gasteiger charge is -2.22. The Kier molecular flexibility index (Phi) is 9.90. The number of carbonyl (C=O) groups excluding carboxylic acids is 1. The van der Waals surface area contributed by atoms with Crippen LogP contribution in [0.5, 0.6) is 5.75 Å². The van der Waals surface area contributed by atoms with Gasteiger partial charge in [0, 0.05) is 45.3 Å². The molecule has 1 unspecified atom stereocenters. The summed E-state index contributed by atoms with van der Waals surface area (Å²) in [7, 11) is 3.51. The van der Waals surface area contributed by atoms with Crippen LogP contribution in [0.25, 0.3) is 0 Å². The molecule has 1 aliphatic heterocycles. The third kappa shape index (κ3) is 7.30. The Morgan fingerprint density at radius 1 is 1.19 bits per heavy atom. The molecule has 168 valence electrons. The third-order valence-electron chi connectivity index (χ3n) is 5.16. The molecule has 0 radical (unpaired) electrons. The third-order valence-corrected chi connectivity index (χ3v) is 5.16. The van der Waals surface area contributed by atoms with Crippen LogP contribution in [0.2, 0.25) is 0 Å². The summed E-state index contributed by atoms with van der Waals surface area (Å²) in [5.74, 6) is 1.66. The van der Waals surface area contributed by atoms with Crippen molar-refractivity contribution in [3.8, 4) is 5.75 Å². The number of anilines is 2. The summed E-state index contributed by atoms with van der Waals surface area (Å²) in [4.78, 5) is 17.8. The van der Waals surface area contributed by atoms with Crippen molar-refractivity contribution in [3.63, 3.8) is 0 Å².